The lowest BCUT2D eigenvalue weighted by molar-refractivity contribution is -0.117. The molecule has 1 N–H and O–H groups in total. The Hall–Kier alpha value is -3.61. The number of anilines is 1. The molecule has 1 amide bonds. The summed E-state index contributed by atoms with van der Waals surface area (Å²) in [5.41, 5.74) is 2.78. The quantitative estimate of drug-likeness (QED) is 0.566. The number of nitrogens with one attached hydrogen (secondary N) is 1. The van der Waals surface area contributed by atoms with E-state index in [1.165, 1.54) is 11.6 Å². The first-order chi connectivity index (χ1) is 15.0. The molecule has 0 radical (unpaired) electrons. The van der Waals surface area contributed by atoms with Gasteiger partial charge in [-0.2, -0.15) is 5.10 Å². The third kappa shape index (κ3) is 5.72. The van der Waals surface area contributed by atoms with E-state index in [9.17, 15) is 9.59 Å². The lowest BCUT2D eigenvalue weighted by Gasteiger charge is -2.12. The van der Waals surface area contributed by atoms with Crippen LogP contribution in [-0.4, -0.2) is 29.9 Å². The number of amides is 1. The minimum atomic E-state index is -0.360. The molecule has 3 aromatic rings. The summed E-state index contributed by atoms with van der Waals surface area (Å²) < 4.78 is 11.8. The van der Waals surface area contributed by atoms with Crippen molar-refractivity contribution in [3.05, 3.63) is 70.5 Å². The van der Waals surface area contributed by atoms with Crippen molar-refractivity contribution in [2.75, 3.05) is 19.5 Å². The van der Waals surface area contributed by atoms with Gasteiger partial charge in [0.2, 0.25) is 5.91 Å². The van der Waals surface area contributed by atoms with Crippen LogP contribution in [0.1, 0.15) is 25.3 Å². The van der Waals surface area contributed by atoms with E-state index in [-0.39, 0.29) is 18.0 Å². The molecule has 0 aliphatic heterocycles. The average Bonchev–Trinajstić information content (AvgIpc) is 2.79. The Kier molecular flexibility index (Phi) is 7.43. The number of nitrogens with zero attached hydrogens (tertiary/aromatic N) is 2. The molecule has 0 saturated carbocycles. The fourth-order valence-electron chi connectivity index (χ4n) is 3.19. The van der Waals surface area contributed by atoms with Gasteiger partial charge in [0, 0.05) is 23.4 Å². The van der Waals surface area contributed by atoms with Crippen molar-refractivity contribution in [3.63, 3.8) is 0 Å². The number of rotatable bonds is 9. The van der Waals surface area contributed by atoms with E-state index < -0.39 is 0 Å². The molecule has 31 heavy (non-hydrogen) atoms. The Bertz CT molecular complexity index is 1090. The summed E-state index contributed by atoms with van der Waals surface area (Å²) in [5, 5.41) is 7.18. The standard InChI is InChI=1S/C24H27N3O4/c1-4-5-6-17-7-9-18(10-8-17)25-23(28)16-27-24(29)14-13-21(26-27)20-12-11-19(30-2)15-22(20)31-3/h7-15H,4-6,16H2,1-3H3,(H,25,28). The maximum absolute atomic E-state index is 12.5. The van der Waals surface area contributed by atoms with Gasteiger partial charge in [0.25, 0.3) is 5.56 Å². The minimum absolute atomic E-state index is 0.192. The van der Waals surface area contributed by atoms with Gasteiger partial charge in [0.1, 0.15) is 18.0 Å². The molecule has 0 atom stereocenters. The van der Waals surface area contributed by atoms with Gasteiger partial charge >= 0.3 is 0 Å². The van der Waals surface area contributed by atoms with Gasteiger partial charge in [0.05, 0.1) is 19.9 Å². The van der Waals surface area contributed by atoms with E-state index in [1.54, 1.807) is 38.5 Å². The van der Waals surface area contributed by atoms with E-state index in [4.69, 9.17) is 9.47 Å². The number of benzene rings is 2. The predicted octanol–water partition coefficient (Wildman–Crippen LogP) is 3.91. The first-order valence-corrected chi connectivity index (χ1v) is 10.2. The molecule has 0 aliphatic rings. The topological polar surface area (TPSA) is 82.5 Å². The fourth-order valence-corrected chi connectivity index (χ4v) is 3.19. The average molecular weight is 421 g/mol. The van der Waals surface area contributed by atoms with Gasteiger partial charge in [-0.15, -0.1) is 0 Å². The molecule has 162 valence electrons. The molecule has 0 fully saturated rings. The summed E-state index contributed by atoms with van der Waals surface area (Å²) in [7, 11) is 3.12. The van der Waals surface area contributed by atoms with Crippen LogP contribution in [0, 0.1) is 0 Å². The molecule has 1 aromatic heterocycles. The van der Waals surface area contributed by atoms with Crippen LogP contribution in [0.5, 0.6) is 11.5 Å². The number of aromatic nitrogens is 2. The molecule has 0 spiro atoms. The van der Waals surface area contributed by atoms with Crippen LogP contribution in [0.3, 0.4) is 0 Å². The third-order valence-electron chi connectivity index (χ3n) is 4.90. The fraction of sp³-hybridized carbons (Fsp3) is 0.292. The minimum Gasteiger partial charge on any atom is -0.497 e. The first kappa shape index (κ1) is 22.1. The van der Waals surface area contributed by atoms with E-state index in [2.05, 4.69) is 17.3 Å². The summed E-state index contributed by atoms with van der Waals surface area (Å²) in [5.74, 6) is 0.883. The maximum atomic E-state index is 12.5. The van der Waals surface area contributed by atoms with Gasteiger partial charge < -0.3 is 14.8 Å². The predicted molar refractivity (Wildman–Crippen MR) is 121 cm³/mol. The summed E-state index contributed by atoms with van der Waals surface area (Å²) in [6.45, 7) is 1.97. The Labute approximate surface area is 181 Å². The Morgan fingerprint density at radius 1 is 1.03 bits per heavy atom. The van der Waals surface area contributed by atoms with E-state index in [0.717, 1.165) is 23.9 Å². The first-order valence-electron chi connectivity index (χ1n) is 10.2. The largest absolute Gasteiger partial charge is 0.497 e. The number of unbranched alkanes of at least 4 members (excludes halogenated alkanes) is 1. The second kappa shape index (κ2) is 10.4. The molecule has 7 nitrogen and oxygen atoms in total. The lowest BCUT2D eigenvalue weighted by atomic mass is 10.1. The molecular weight excluding hydrogens is 394 g/mol. The number of hydrogen-bond donors (Lipinski definition) is 1. The lowest BCUT2D eigenvalue weighted by Crippen LogP contribution is -2.29. The van der Waals surface area contributed by atoms with Crippen LogP contribution in [0.4, 0.5) is 5.69 Å². The highest BCUT2D eigenvalue weighted by atomic mass is 16.5. The van der Waals surface area contributed by atoms with Crippen molar-refractivity contribution in [2.45, 2.75) is 32.7 Å². The van der Waals surface area contributed by atoms with Gasteiger partial charge in [-0.05, 0) is 48.7 Å². The summed E-state index contributed by atoms with van der Waals surface area (Å²) in [4.78, 5) is 24.8. The van der Waals surface area contributed by atoms with Crippen LogP contribution in [-0.2, 0) is 17.8 Å². The van der Waals surface area contributed by atoms with Crippen molar-refractivity contribution in [1.82, 2.24) is 9.78 Å². The second-order valence-electron chi connectivity index (χ2n) is 7.13. The Balaban J connectivity index is 1.75. The number of hydrogen-bond acceptors (Lipinski definition) is 5. The SMILES string of the molecule is CCCCc1ccc(NC(=O)Cn2nc(-c3ccc(OC)cc3OC)ccc2=O)cc1. The molecule has 7 heteroatoms. The smallest absolute Gasteiger partial charge is 0.267 e. The van der Waals surface area contributed by atoms with Crippen LogP contribution in [0.2, 0.25) is 0 Å². The zero-order chi connectivity index (χ0) is 22.2. The maximum Gasteiger partial charge on any atom is 0.267 e. The van der Waals surface area contributed by atoms with E-state index in [1.807, 2.05) is 24.3 Å². The zero-order valence-electron chi connectivity index (χ0n) is 18.1. The monoisotopic (exact) mass is 421 g/mol. The van der Waals surface area contributed by atoms with Crippen molar-refractivity contribution in [2.24, 2.45) is 0 Å². The number of carbonyl (C=O) groups excluding carboxylic acids is 1. The van der Waals surface area contributed by atoms with Crippen LogP contribution in [0.25, 0.3) is 11.3 Å². The molecule has 0 bridgehead atoms. The highest BCUT2D eigenvalue weighted by Gasteiger charge is 2.12. The van der Waals surface area contributed by atoms with Gasteiger partial charge in [-0.1, -0.05) is 25.5 Å². The number of ether oxygens (including phenoxy) is 2. The summed E-state index contributed by atoms with van der Waals surface area (Å²) >= 11 is 0. The van der Waals surface area contributed by atoms with Gasteiger partial charge in [-0.25, -0.2) is 4.68 Å². The molecule has 0 aliphatic carbocycles. The molecule has 0 saturated heterocycles. The van der Waals surface area contributed by atoms with E-state index in [0.29, 0.717) is 28.4 Å². The van der Waals surface area contributed by atoms with Crippen LogP contribution in [0.15, 0.2) is 59.4 Å². The second-order valence-corrected chi connectivity index (χ2v) is 7.13. The van der Waals surface area contributed by atoms with Crippen molar-refractivity contribution in [1.29, 1.82) is 0 Å². The molecule has 2 aromatic carbocycles. The number of carbonyl (C=O) groups is 1. The number of aryl methyl sites for hydroxylation is 1. The Morgan fingerprint density at radius 2 is 1.81 bits per heavy atom. The van der Waals surface area contributed by atoms with Crippen LogP contribution >= 0.6 is 0 Å². The van der Waals surface area contributed by atoms with E-state index >= 15 is 0 Å². The highest BCUT2D eigenvalue weighted by molar-refractivity contribution is 5.90. The molecule has 1 heterocycles. The number of methoxy groups -OCH3 is 2. The zero-order valence-corrected chi connectivity index (χ0v) is 18.1. The summed E-state index contributed by atoms with van der Waals surface area (Å²) in [6.07, 6.45) is 3.29. The van der Waals surface area contributed by atoms with Crippen LogP contribution < -0.4 is 20.3 Å². The van der Waals surface area contributed by atoms with Crippen molar-refractivity contribution in [3.8, 4) is 22.8 Å². The van der Waals surface area contributed by atoms with Crippen molar-refractivity contribution >= 4 is 11.6 Å². The van der Waals surface area contributed by atoms with Crippen molar-refractivity contribution < 1.29 is 14.3 Å². The normalized spacial score (nSPS) is 10.5. The highest BCUT2D eigenvalue weighted by Crippen LogP contribution is 2.31. The molecular formula is C24H27N3O4. The summed E-state index contributed by atoms with van der Waals surface area (Å²) in [6, 6.07) is 16.1. The molecule has 0 unspecified atom stereocenters. The van der Waals surface area contributed by atoms with Gasteiger partial charge in [-0.3, -0.25) is 9.59 Å². The third-order valence-corrected chi connectivity index (χ3v) is 4.90. The Morgan fingerprint density at radius 3 is 2.48 bits per heavy atom. The molecule has 3 rings (SSSR count). The van der Waals surface area contributed by atoms with Gasteiger partial charge in [0.15, 0.2) is 0 Å².